The molecule has 1 saturated carbocycles. The molecule has 1 unspecified atom stereocenters. The number of sulfone groups is 1. The Morgan fingerprint density at radius 2 is 1.96 bits per heavy atom. The van der Waals surface area contributed by atoms with Gasteiger partial charge in [0.2, 0.25) is 11.8 Å². The van der Waals surface area contributed by atoms with Gasteiger partial charge in [0.25, 0.3) is 0 Å². The lowest BCUT2D eigenvalue weighted by atomic mass is 10.0. The van der Waals surface area contributed by atoms with Gasteiger partial charge in [0.15, 0.2) is 9.84 Å². The van der Waals surface area contributed by atoms with Crippen LogP contribution >= 0.6 is 0 Å². The summed E-state index contributed by atoms with van der Waals surface area (Å²) < 4.78 is 23.4. The van der Waals surface area contributed by atoms with Crippen molar-refractivity contribution in [2.45, 2.75) is 25.3 Å². The van der Waals surface area contributed by atoms with Crippen molar-refractivity contribution in [1.82, 2.24) is 9.88 Å². The normalized spacial score (nSPS) is 22.3. The molecule has 1 saturated heterocycles. The second-order valence-electron chi connectivity index (χ2n) is 7.39. The molecule has 8 heteroatoms. The van der Waals surface area contributed by atoms with Gasteiger partial charge in [0.05, 0.1) is 22.7 Å². The molecule has 0 bridgehead atoms. The Hall–Kier alpha value is -2.48. The van der Waals surface area contributed by atoms with E-state index in [-0.39, 0.29) is 29.4 Å². The molecule has 1 N–H and O–H groups in total. The molecule has 2 aliphatic rings. The second-order valence-corrected chi connectivity index (χ2v) is 9.62. The molecule has 4 rings (SSSR count). The molecular formula is C19H21N3O4S. The molecule has 1 atom stereocenters. The number of nitrogens with zero attached hydrogens (tertiary/aromatic N) is 2. The fraction of sp³-hybridized carbons (Fsp3) is 0.421. The Balaban J connectivity index is 1.53. The third-order valence-corrected chi connectivity index (χ3v) is 7.30. The Morgan fingerprint density at radius 1 is 1.22 bits per heavy atom. The van der Waals surface area contributed by atoms with Crippen LogP contribution < -0.4 is 5.32 Å². The fourth-order valence-electron chi connectivity index (χ4n) is 3.69. The van der Waals surface area contributed by atoms with E-state index in [9.17, 15) is 18.0 Å². The molecule has 1 aromatic carbocycles. The van der Waals surface area contributed by atoms with Gasteiger partial charge in [-0.3, -0.25) is 14.6 Å². The van der Waals surface area contributed by atoms with E-state index in [4.69, 9.17) is 0 Å². The average Bonchev–Trinajstić information content (AvgIpc) is 3.39. The Kier molecular flexibility index (Phi) is 4.18. The van der Waals surface area contributed by atoms with Crippen LogP contribution in [0.5, 0.6) is 0 Å². The molecule has 1 aromatic heterocycles. The maximum absolute atomic E-state index is 13.0. The van der Waals surface area contributed by atoms with E-state index < -0.39 is 15.3 Å². The summed E-state index contributed by atoms with van der Waals surface area (Å²) in [6.45, 7) is 0. The number of hydrogen-bond acceptors (Lipinski definition) is 5. The molecule has 0 radical (unpaired) electrons. The molecule has 2 heterocycles. The number of rotatable bonds is 4. The van der Waals surface area contributed by atoms with Gasteiger partial charge < -0.3 is 10.2 Å². The number of carbonyl (C=O) groups is 2. The maximum atomic E-state index is 13.0. The van der Waals surface area contributed by atoms with Crippen LogP contribution in [0.3, 0.4) is 0 Å². The van der Waals surface area contributed by atoms with Gasteiger partial charge in [-0.25, -0.2) is 8.42 Å². The monoisotopic (exact) mass is 387 g/mol. The molecule has 2 amide bonds. The van der Waals surface area contributed by atoms with E-state index in [0.29, 0.717) is 30.5 Å². The lowest BCUT2D eigenvalue weighted by molar-refractivity contribution is -0.142. The quantitative estimate of drug-likeness (QED) is 0.804. The van der Waals surface area contributed by atoms with Gasteiger partial charge in [0.1, 0.15) is 5.41 Å². The third-order valence-electron chi connectivity index (χ3n) is 5.55. The molecule has 0 spiro atoms. The van der Waals surface area contributed by atoms with Crippen LogP contribution in [0.25, 0.3) is 10.9 Å². The molecule has 1 aliphatic heterocycles. The van der Waals surface area contributed by atoms with E-state index in [1.165, 1.54) is 4.90 Å². The van der Waals surface area contributed by atoms with Gasteiger partial charge in [-0.05, 0) is 31.4 Å². The van der Waals surface area contributed by atoms with Crippen LogP contribution in [-0.2, 0) is 19.4 Å². The van der Waals surface area contributed by atoms with E-state index in [1.54, 1.807) is 19.3 Å². The number of pyridine rings is 1. The topological polar surface area (TPSA) is 96.4 Å². The van der Waals surface area contributed by atoms with Gasteiger partial charge in [-0.15, -0.1) is 0 Å². The SMILES string of the molecule is CN(C(=O)C1(C(=O)Nc2cccc3cccnc23)CC1)C1CCS(=O)(=O)C1. The summed E-state index contributed by atoms with van der Waals surface area (Å²) in [6.07, 6.45) is 3.03. The fourth-order valence-corrected chi connectivity index (χ4v) is 5.47. The first kappa shape index (κ1) is 17.9. The zero-order valence-corrected chi connectivity index (χ0v) is 15.8. The van der Waals surface area contributed by atoms with E-state index in [2.05, 4.69) is 10.3 Å². The highest BCUT2D eigenvalue weighted by Crippen LogP contribution is 2.48. The summed E-state index contributed by atoms with van der Waals surface area (Å²) in [5.74, 6) is -0.579. The molecule has 2 fully saturated rings. The van der Waals surface area contributed by atoms with Crippen molar-refractivity contribution < 1.29 is 18.0 Å². The minimum Gasteiger partial charge on any atom is -0.341 e. The van der Waals surface area contributed by atoms with Crippen LogP contribution in [-0.4, -0.2) is 54.7 Å². The number of anilines is 1. The maximum Gasteiger partial charge on any atom is 0.240 e. The first-order valence-electron chi connectivity index (χ1n) is 8.95. The predicted molar refractivity (Wildman–Crippen MR) is 102 cm³/mol. The summed E-state index contributed by atoms with van der Waals surface area (Å²) in [5, 5.41) is 3.77. The Morgan fingerprint density at radius 3 is 2.63 bits per heavy atom. The van der Waals surface area contributed by atoms with Gasteiger partial charge in [-0.1, -0.05) is 18.2 Å². The number of para-hydroxylation sites is 1. The van der Waals surface area contributed by atoms with Gasteiger partial charge in [-0.2, -0.15) is 0 Å². The standard InChI is InChI=1S/C19H21N3O4S/c1-22(14-7-11-27(25,26)12-14)18(24)19(8-9-19)17(23)21-15-6-2-4-13-5-3-10-20-16(13)15/h2-6,10,14H,7-9,11-12H2,1H3,(H,21,23). The number of fused-ring (bicyclic) bond motifs is 1. The van der Waals surface area contributed by atoms with Gasteiger partial charge in [0, 0.05) is 24.7 Å². The molecule has 1 aliphatic carbocycles. The number of amides is 2. The molecular weight excluding hydrogens is 366 g/mol. The summed E-state index contributed by atoms with van der Waals surface area (Å²) >= 11 is 0. The van der Waals surface area contributed by atoms with E-state index in [1.807, 2.05) is 24.3 Å². The lowest BCUT2D eigenvalue weighted by Crippen LogP contribution is -2.46. The molecule has 27 heavy (non-hydrogen) atoms. The van der Waals surface area contributed by atoms with E-state index in [0.717, 1.165) is 5.39 Å². The Bertz CT molecular complexity index is 1020. The van der Waals surface area contributed by atoms with Crippen molar-refractivity contribution in [3.63, 3.8) is 0 Å². The van der Waals surface area contributed by atoms with Crippen LogP contribution in [0.1, 0.15) is 19.3 Å². The number of hydrogen-bond donors (Lipinski definition) is 1. The van der Waals surface area contributed by atoms with Crippen molar-refractivity contribution in [2.75, 3.05) is 23.9 Å². The summed E-state index contributed by atoms with van der Waals surface area (Å²) in [7, 11) is -1.50. The second kappa shape index (κ2) is 6.30. The van der Waals surface area contributed by atoms with Crippen LogP contribution in [0, 0.1) is 5.41 Å². The number of carbonyl (C=O) groups excluding carboxylic acids is 2. The number of aromatic nitrogens is 1. The molecule has 142 valence electrons. The molecule has 7 nitrogen and oxygen atoms in total. The van der Waals surface area contributed by atoms with Crippen LogP contribution in [0.2, 0.25) is 0 Å². The summed E-state index contributed by atoms with van der Waals surface area (Å²) in [5.41, 5.74) is 0.146. The lowest BCUT2D eigenvalue weighted by Gasteiger charge is -2.27. The van der Waals surface area contributed by atoms with Crippen molar-refractivity contribution in [3.8, 4) is 0 Å². The number of nitrogens with one attached hydrogen (secondary N) is 1. The minimum absolute atomic E-state index is 0.0276. The van der Waals surface area contributed by atoms with Crippen molar-refractivity contribution in [2.24, 2.45) is 5.41 Å². The van der Waals surface area contributed by atoms with Crippen molar-refractivity contribution in [1.29, 1.82) is 0 Å². The van der Waals surface area contributed by atoms with E-state index >= 15 is 0 Å². The van der Waals surface area contributed by atoms with Crippen molar-refractivity contribution >= 4 is 38.2 Å². The first-order valence-corrected chi connectivity index (χ1v) is 10.8. The first-order chi connectivity index (χ1) is 12.8. The highest BCUT2D eigenvalue weighted by Gasteiger charge is 2.58. The summed E-state index contributed by atoms with van der Waals surface area (Å²) in [6, 6.07) is 8.88. The average molecular weight is 387 g/mol. The third kappa shape index (κ3) is 3.18. The highest BCUT2D eigenvalue weighted by atomic mass is 32.2. The van der Waals surface area contributed by atoms with Crippen molar-refractivity contribution in [3.05, 3.63) is 36.5 Å². The predicted octanol–water partition coefficient (Wildman–Crippen LogP) is 1.60. The smallest absolute Gasteiger partial charge is 0.240 e. The van der Waals surface area contributed by atoms with Gasteiger partial charge >= 0.3 is 0 Å². The highest BCUT2D eigenvalue weighted by molar-refractivity contribution is 7.91. The minimum atomic E-state index is -3.09. The largest absolute Gasteiger partial charge is 0.341 e. The molecule has 2 aromatic rings. The number of benzene rings is 1. The zero-order valence-electron chi connectivity index (χ0n) is 15.0. The Labute approximate surface area is 157 Å². The summed E-state index contributed by atoms with van der Waals surface area (Å²) in [4.78, 5) is 31.7. The van der Waals surface area contributed by atoms with Crippen LogP contribution in [0.15, 0.2) is 36.5 Å². The van der Waals surface area contributed by atoms with Crippen LogP contribution in [0.4, 0.5) is 5.69 Å². The zero-order chi connectivity index (χ0) is 19.2.